The molecule has 0 unspecified atom stereocenters. The van der Waals surface area contributed by atoms with Crippen LogP contribution in [0.2, 0.25) is 0 Å². The van der Waals surface area contributed by atoms with Gasteiger partial charge in [-0.2, -0.15) is 0 Å². The van der Waals surface area contributed by atoms with Gasteiger partial charge in [0.1, 0.15) is 0 Å². The maximum absolute atomic E-state index is 5.94. The van der Waals surface area contributed by atoms with Crippen molar-refractivity contribution in [1.82, 2.24) is 20.0 Å². The predicted octanol–water partition coefficient (Wildman–Crippen LogP) is 2.08. The van der Waals surface area contributed by atoms with Crippen LogP contribution >= 0.6 is 0 Å². The van der Waals surface area contributed by atoms with Crippen molar-refractivity contribution in [2.45, 2.75) is 50.5 Å². The first-order chi connectivity index (χ1) is 10.2. The number of hydrogen-bond donors (Lipinski definition) is 0. The Bertz CT molecular complexity index is 482. The summed E-state index contributed by atoms with van der Waals surface area (Å²) in [4.78, 5) is 5.03. The van der Waals surface area contributed by atoms with Crippen molar-refractivity contribution in [3.8, 4) is 0 Å². The molecule has 5 heteroatoms. The molecule has 0 atom stereocenters. The highest BCUT2D eigenvalue weighted by atomic mass is 16.4. The summed E-state index contributed by atoms with van der Waals surface area (Å²) in [6, 6.07) is 0.771. The SMILES string of the molecule is CC1CC(c2nnc(C3CN(C4CCN(C)CC4)C3)o2)C1. The fourth-order valence-electron chi connectivity index (χ4n) is 4.01. The molecule has 2 aliphatic heterocycles. The molecule has 1 aromatic heterocycles. The molecular weight excluding hydrogens is 264 g/mol. The van der Waals surface area contributed by atoms with Crippen LogP contribution < -0.4 is 0 Å². The van der Waals surface area contributed by atoms with Crippen LogP contribution in [0.5, 0.6) is 0 Å². The summed E-state index contributed by atoms with van der Waals surface area (Å²) in [7, 11) is 2.22. The topological polar surface area (TPSA) is 45.4 Å². The van der Waals surface area contributed by atoms with Crippen molar-refractivity contribution in [3.05, 3.63) is 11.8 Å². The quantitative estimate of drug-likeness (QED) is 0.853. The van der Waals surface area contributed by atoms with Gasteiger partial charge in [0.15, 0.2) is 0 Å². The number of piperidine rings is 1. The summed E-state index contributed by atoms with van der Waals surface area (Å²) in [5.74, 6) is 3.61. The van der Waals surface area contributed by atoms with E-state index in [2.05, 4.69) is 34.0 Å². The lowest BCUT2D eigenvalue weighted by Crippen LogP contribution is -2.53. The average Bonchev–Trinajstić information content (AvgIpc) is 2.85. The van der Waals surface area contributed by atoms with Crippen molar-refractivity contribution >= 4 is 0 Å². The van der Waals surface area contributed by atoms with Crippen LogP contribution in [-0.2, 0) is 0 Å². The Hall–Kier alpha value is -0.940. The molecule has 1 aliphatic carbocycles. The van der Waals surface area contributed by atoms with E-state index in [9.17, 15) is 0 Å². The molecular formula is C16H26N4O. The zero-order chi connectivity index (χ0) is 14.4. The third kappa shape index (κ3) is 2.61. The van der Waals surface area contributed by atoms with E-state index in [0.717, 1.165) is 36.8 Å². The molecule has 1 aromatic rings. The molecule has 0 aromatic carbocycles. The molecule has 0 bridgehead atoms. The monoisotopic (exact) mass is 290 g/mol. The van der Waals surface area contributed by atoms with Crippen molar-refractivity contribution < 1.29 is 4.42 Å². The smallest absolute Gasteiger partial charge is 0.222 e. The highest BCUT2D eigenvalue weighted by molar-refractivity contribution is 5.05. The third-order valence-electron chi connectivity index (χ3n) is 5.64. The number of aromatic nitrogens is 2. The number of rotatable bonds is 3. The van der Waals surface area contributed by atoms with Crippen molar-refractivity contribution in [1.29, 1.82) is 0 Å². The Morgan fingerprint density at radius 2 is 1.62 bits per heavy atom. The van der Waals surface area contributed by atoms with Crippen LogP contribution in [0.1, 0.15) is 56.2 Å². The highest BCUT2D eigenvalue weighted by Gasteiger charge is 2.38. The Kier molecular flexibility index (Phi) is 3.50. The zero-order valence-corrected chi connectivity index (χ0v) is 13.2. The summed E-state index contributed by atoms with van der Waals surface area (Å²) < 4.78 is 5.94. The molecule has 3 fully saturated rings. The lowest BCUT2D eigenvalue weighted by Gasteiger charge is -2.45. The second-order valence-electron chi connectivity index (χ2n) is 7.44. The average molecular weight is 290 g/mol. The van der Waals surface area contributed by atoms with E-state index in [-0.39, 0.29) is 0 Å². The molecule has 2 saturated heterocycles. The maximum Gasteiger partial charge on any atom is 0.222 e. The van der Waals surface area contributed by atoms with E-state index < -0.39 is 0 Å². The molecule has 0 radical (unpaired) electrons. The summed E-state index contributed by atoms with van der Waals surface area (Å²) in [6.07, 6.45) is 5.04. The lowest BCUT2D eigenvalue weighted by atomic mass is 9.76. The molecule has 116 valence electrons. The largest absolute Gasteiger partial charge is 0.425 e. The fraction of sp³-hybridized carbons (Fsp3) is 0.875. The van der Waals surface area contributed by atoms with E-state index in [1.807, 2.05) is 0 Å². The second kappa shape index (κ2) is 5.36. The highest BCUT2D eigenvalue weighted by Crippen LogP contribution is 2.41. The van der Waals surface area contributed by atoms with Gasteiger partial charge in [-0.1, -0.05) is 6.92 Å². The molecule has 3 heterocycles. The van der Waals surface area contributed by atoms with Crippen LogP contribution in [-0.4, -0.2) is 59.3 Å². The van der Waals surface area contributed by atoms with Crippen LogP contribution in [0.3, 0.4) is 0 Å². The summed E-state index contributed by atoms with van der Waals surface area (Å²) in [6.45, 7) is 6.97. The summed E-state index contributed by atoms with van der Waals surface area (Å²) in [5, 5.41) is 8.59. The van der Waals surface area contributed by atoms with Gasteiger partial charge in [-0.25, -0.2) is 0 Å². The van der Waals surface area contributed by atoms with Crippen LogP contribution in [0, 0.1) is 5.92 Å². The van der Waals surface area contributed by atoms with E-state index in [0.29, 0.717) is 11.8 Å². The maximum atomic E-state index is 5.94. The number of likely N-dealkylation sites (tertiary alicyclic amines) is 2. The van der Waals surface area contributed by atoms with Gasteiger partial charge >= 0.3 is 0 Å². The van der Waals surface area contributed by atoms with Crippen LogP contribution in [0.15, 0.2) is 4.42 Å². The van der Waals surface area contributed by atoms with Gasteiger partial charge in [0, 0.05) is 25.0 Å². The van der Waals surface area contributed by atoms with E-state index in [4.69, 9.17) is 4.42 Å². The molecule has 0 spiro atoms. The van der Waals surface area contributed by atoms with Crippen molar-refractivity contribution in [2.75, 3.05) is 33.2 Å². The van der Waals surface area contributed by atoms with Crippen molar-refractivity contribution in [3.63, 3.8) is 0 Å². The van der Waals surface area contributed by atoms with Crippen molar-refractivity contribution in [2.24, 2.45) is 5.92 Å². The molecule has 21 heavy (non-hydrogen) atoms. The van der Waals surface area contributed by atoms with Crippen LogP contribution in [0.25, 0.3) is 0 Å². The molecule has 5 nitrogen and oxygen atoms in total. The summed E-state index contributed by atoms with van der Waals surface area (Å²) in [5.41, 5.74) is 0. The van der Waals surface area contributed by atoms with Crippen LogP contribution in [0.4, 0.5) is 0 Å². The standard InChI is InChI=1S/C16H26N4O/c1-11-7-12(8-11)15-17-18-16(21-15)13-9-20(10-13)14-3-5-19(2)6-4-14/h11-14H,3-10H2,1-2H3. The number of hydrogen-bond acceptors (Lipinski definition) is 5. The molecule has 0 amide bonds. The second-order valence-corrected chi connectivity index (χ2v) is 7.44. The van der Waals surface area contributed by atoms with Gasteiger partial charge in [-0.05, 0) is 51.7 Å². The molecule has 4 rings (SSSR count). The zero-order valence-electron chi connectivity index (χ0n) is 13.2. The Labute approximate surface area is 126 Å². The Balaban J connectivity index is 1.29. The van der Waals surface area contributed by atoms with Gasteiger partial charge < -0.3 is 9.32 Å². The molecule has 3 aliphatic rings. The van der Waals surface area contributed by atoms with E-state index >= 15 is 0 Å². The Morgan fingerprint density at radius 1 is 1.00 bits per heavy atom. The predicted molar refractivity (Wildman–Crippen MR) is 80.3 cm³/mol. The minimum atomic E-state index is 0.475. The van der Waals surface area contributed by atoms with Gasteiger partial charge in [0.2, 0.25) is 11.8 Å². The first kappa shape index (κ1) is 13.7. The minimum Gasteiger partial charge on any atom is -0.425 e. The first-order valence-corrected chi connectivity index (χ1v) is 8.45. The first-order valence-electron chi connectivity index (χ1n) is 8.45. The molecule has 0 N–H and O–H groups in total. The van der Waals surface area contributed by atoms with Gasteiger partial charge in [-0.3, -0.25) is 4.90 Å². The molecule has 1 saturated carbocycles. The normalized spacial score (nSPS) is 32.9. The number of nitrogens with zero attached hydrogens (tertiary/aromatic N) is 4. The van der Waals surface area contributed by atoms with E-state index in [1.54, 1.807) is 0 Å². The van der Waals surface area contributed by atoms with Gasteiger partial charge in [0.05, 0.1) is 5.92 Å². The van der Waals surface area contributed by atoms with Gasteiger partial charge in [-0.15, -0.1) is 10.2 Å². The van der Waals surface area contributed by atoms with E-state index in [1.165, 1.54) is 38.8 Å². The lowest BCUT2D eigenvalue weighted by molar-refractivity contribution is 0.0433. The minimum absolute atomic E-state index is 0.475. The Morgan fingerprint density at radius 3 is 2.24 bits per heavy atom. The summed E-state index contributed by atoms with van der Waals surface area (Å²) >= 11 is 0. The van der Waals surface area contributed by atoms with Gasteiger partial charge in [0.25, 0.3) is 0 Å². The third-order valence-corrected chi connectivity index (χ3v) is 5.64. The fourth-order valence-corrected chi connectivity index (χ4v) is 4.01.